The van der Waals surface area contributed by atoms with E-state index in [2.05, 4.69) is 41.7 Å². The van der Waals surface area contributed by atoms with Gasteiger partial charge >= 0.3 is 0 Å². The molecule has 5 rings (SSSR count). The molecule has 0 aliphatic carbocycles. The van der Waals surface area contributed by atoms with E-state index < -0.39 is 0 Å². The first-order valence-corrected chi connectivity index (χ1v) is 11.4. The number of benzene rings is 2. The van der Waals surface area contributed by atoms with E-state index >= 15 is 0 Å². The number of hydrogen-bond donors (Lipinski definition) is 1. The van der Waals surface area contributed by atoms with Gasteiger partial charge in [-0.15, -0.1) is 0 Å². The molecule has 0 saturated heterocycles. The molecule has 0 fully saturated rings. The predicted octanol–water partition coefficient (Wildman–Crippen LogP) is 4.92. The summed E-state index contributed by atoms with van der Waals surface area (Å²) in [5, 5.41) is 0.563. The van der Waals surface area contributed by atoms with Gasteiger partial charge in [0, 0.05) is 59.1 Å². The second-order valence-electron chi connectivity index (χ2n) is 7.60. The fourth-order valence-electron chi connectivity index (χ4n) is 3.84. The van der Waals surface area contributed by atoms with Gasteiger partial charge < -0.3 is 10.2 Å². The molecule has 4 aromatic rings. The van der Waals surface area contributed by atoms with Crippen LogP contribution in [-0.4, -0.2) is 21.4 Å². The molecule has 2 aromatic carbocycles. The van der Waals surface area contributed by atoms with E-state index in [1.54, 1.807) is 12.3 Å². The average molecular weight is 542 g/mol. The van der Waals surface area contributed by atoms with Crippen molar-refractivity contribution in [2.75, 3.05) is 12.3 Å². The Labute approximate surface area is 195 Å². The molecule has 0 spiro atoms. The molecule has 8 heteroatoms. The van der Waals surface area contributed by atoms with Gasteiger partial charge in [-0.1, -0.05) is 15.9 Å². The van der Waals surface area contributed by atoms with Crippen LogP contribution in [0, 0.1) is 0 Å². The van der Waals surface area contributed by atoms with Crippen LogP contribution < -0.4 is 11.2 Å². The molecular weight excluding hydrogens is 524 g/mol. The minimum absolute atomic E-state index is 0.0102. The number of anilines is 1. The SMILES string of the molecule is Nc1ccc(-c2ncc3c(n2)CCN(Cc2coc4c(Br)cc(Br)cc4c2=O)C3)cc1. The van der Waals surface area contributed by atoms with Crippen LogP contribution in [0.1, 0.15) is 16.8 Å². The monoisotopic (exact) mass is 540 g/mol. The molecule has 156 valence electrons. The lowest BCUT2D eigenvalue weighted by atomic mass is 10.1. The van der Waals surface area contributed by atoms with E-state index in [0.29, 0.717) is 35.4 Å². The van der Waals surface area contributed by atoms with Crippen molar-refractivity contribution >= 4 is 48.5 Å². The molecule has 0 radical (unpaired) electrons. The lowest BCUT2D eigenvalue weighted by molar-refractivity contribution is 0.240. The lowest BCUT2D eigenvalue weighted by Crippen LogP contribution is -2.32. The fraction of sp³-hybridized carbons (Fsp3) is 0.174. The van der Waals surface area contributed by atoms with Crippen molar-refractivity contribution in [3.05, 3.63) is 84.8 Å². The quantitative estimate of drug-likeness (QED) is 0.371. The van der Waals surface area contributed by atoms with Crippen LogP contribution in [0.2, 0.25) is 0 Å². The Bertz CT molecular complexity index is 1350. The van der Waals surface area contributed by atoms with Gasteiger partial charge in [-0.25, -0.2) is 9.97 Å². The zero-order valence-corrected chi connectivity index (χ0v) is 19.6. The number of nitrogen functional groups attached to an aromatic ring is 1. The van der Waals surface area contributed by atoms with Crippen LogP contribution in [-0.2, 0) is 19.5 Å². The number of nitrogens with zero attached hydrogens (tertiary/aromatic N) is 3. The molecule has 2 aromatic heterocycles. The minimum atomic E-state index is -0.0102. The largest absolute Gasteiger partial charge is 0.463 e. The summed E-state index contributed by atoms with van der Waals surface area (Å²) in [6, 6.07) is 11.2. The van der Waals surface area contributed by atoms with Gasteiger partial charge in [-0.2, -0.15) is 0 Å². The van der Waals surface area contributed by atoms with Crippen LogP contribution >= 0.6 is 31.9 Å². The summed E-state index contributed by atoms with van der Waals surface area (Å²) in [6.07, 6.45) is 4.26. The van der Waals surface area contributed by atoms with E-state index in [9.17, 15) is 4.79 Å². The molecule has 1 aliphatic rings. The number of fused-ring (bicyclic) bond motifs is 2. The van der Waals surface area contributed by atoms with Crippen molar-refractivity contribution in [3.8, 4) is 11.4 Å². The molecule has 0 saturated carbocycles. The van der Waals surface area contributed by atoms with Crippen LogP contribution in [0.3, 0.4) is 0 Å². The molecule has 0 atom stereocenters. The Kier molecular flexibility index (Phi) is 5.37. The first-order chi connectivity index (χ1) is 15.0. The predicted molar refractivity (Wildman–Crippen MR) is 128 cm³/mol. The molecular formula is C23H18Br2N4O2. The van der Waals surface area contributed by atoms with Gasteiger partial charge in [0.05, 0.1) is 21.8 Å². The first kappa shape index (κ1) is 20.4. The van der Waals surface area contributed by atoms with Crippen molar-refractivity contribution in [1.29, 1.82) is 0 Å². The highest BCUT2D eigenvalue weighted by atomic mass is 79.9. The van der Waals surface area contributed by atoms with Gasteiger partial charge in [0.15, 0.2) is 16.8 Å². The van der Waals surface area contributed by atoms with Crippen LogP contribution in [0.25, 0.3) is 22.4 Å². The average Bonchev–Trinajstić information content (AvgIpc) is 2.76. The molecule has 0 amide bonds. The van der Waals surface area contributed by atoms with Gasteiger partial charge in [0.25, 0.3) is 0 Å². The van der Waals surface area contributed by atoms with E-state index in [1.165, 1.54) is 0 Å². The highest BCUT2D eigenvalue weighted by Crippen LogP contribution is 2.28. The summed E-state index contributed by atoms with van der Waals surface area (Å²) in [4.78, 5) is 24.5. The summed E-state index contributed by atoms with van der Waals surface area (Å²) in [6.45, 7) is 2.02. The van der Waals surface area contributed by atoms with E-state index in [4.69, 9.17) is 15.1 Å². The van der Waals surface area contributed by atoms with E-state index in [1.807, 2.05) is 36.5 Å². The maximum absolute atomic E-state index is 13.0. The van der Waals surface area contributed by atoms with Crippen LogP contribution in [0.5, 0.6) is 0 Å². The summed E-state index contributed by atoms with van der Waals surface area (Å²) in [5.41, 5.74) is 10.8. The third-order valence-corrected chi connectivity index (χ3v) is 6.49. The number of halogens is 2. The molecule has 1 aliphatic heterocycles. The third kappa shape index (κ3) is 4.03. The number of aromatic nitrogens is 2. The summed E-state index contributed by atoms with van der Waals surface area (Å²) < 4.78 is 7.35. The van der Waals surface area contributed by atoms with Gasteiger partial charge in [0.1, 0.15) is 0 Å². The maximum Gasteiger partial charge on any atom is 0.197 e. The number of rotatable bonds is 3. The van der Waals surface area contributed by atoms with Gasteiger partial charge in [-0.05, 0) is 52.3 Å². The highest BCUT2D eigenvalue weighted by Gasteiger charge is 2.21. The fourth-order valence-corrected chi connectivity index (χ4v) is 5.15. The number of nitrogens with two attached hydrogens (primary N) is 1. The van der Waals surface area contributed by atoms with Gasteiger partial charge in [0.2, 0.25) is 0 Å². The highest BCUT2D eigenvalue weighted by molar-refractivity contribution is 9.11. The van der Waals surface area contributed by atoms with Crippen molar-refractivity contribution in [2.24, 2.45) is 0 Å². The zero-order valence-electron chi connectivity index (χ0n) is 16.4. The zero-order chi connectivity index (χ0) is 21.5. The molecule has 3 heterocycles. The van der Waals surface area contributed by atoms with Crippen LogP contribution in [0.15, 0.2) is 67.0 Å². The topological polar surface area (TPSA) is 85.2 Å². The second kappa shape index (κ2) is 8.18. The van der Waals surface area contributed by atoms with Crippen molar-refractivity contribution in [3.63, 3.8) is 0 Å². The third-order valence-electron chi connectivity index (χ3n) is 5.44. The Morgan fingerprint density at radius 1 is 1.16 bits per heavy atom. The van der Waals surface area contributed by atoms with E-state index in [0.717, 1.165) is 44.4 Å². The molecule has 0 unspecified atom stereocenters. The van der Waals surface area contributed by atoms with E-state index in [-0.39, 0.29) is 5.43 Å². The summed E-state index contributed by atoms with van der Waals surface area (Å²) in [5.74, 6) is 0.707. The summed E-state index contributed by atoms with van der Waals surface area (Å²) >= 11 is 6.90. The Balaban J connectivity index is 1.38. The minimum Gasteiger partial charge on any atom is -0.463 e. The van der Waals surface area contributed by atoms with Crippen molar-refractivity contribution in [2.45, 2.75) is 19.5 Å². The van der Waals surface area contributed by atoms with Crippen LogP contribution in [0.4, 0.5) is 5.69 Å². The molecule has 0 bridgehead atoms. The Morgan fingerprint density at radius 3 is 2.77 bits per heavy atom. The second-order valence-corrected chi connectivity index (χ2v) is 9.37. The Morgan fingerprint density at radius 2 is 1.97 bits per heavy atom. The van der Waals surface area contributed by atoms with Crippen molar-refractivity contribution in [1.82, 2.24) is 14.9 Å². The standard InChI is InChI=1S/C23H18Br2N4O2/c24-16-7-18-21(30)15(12-31-22(18)19(25)8-16)11-29-6-5-20-14(10-29)9-27-23(28-20)13-1-3-17(26)4-2-13/h1-4,7-9,12H,5-6,10-11,26H2. The Hall–Kier alpha value is -2.55. The van der Waals surface area contributed by atoms with Crippen molar-refractivity contribution < 1.29 is 4.42 Å². The number of hydrogen-bond acceptors (Lipinski definition) is 6. The first-order valence-electron chi connectivity index (χ1n) is 9.80. The molecule has 2 N–H and O–H groups in total. The molecule has 31 heavy (non-hydrogen) atoms. The lowest BCUT2D eigenvalue weighted by Gasteiger charge is -2.27. The normalized spacial score (nSPS) is 14.0. The summed E-state index contributed by atoms with van der Waals surface area (Å²) in [7, 11) is 0. The maximum atomic E-state index is 13.0. The van der Waals surface area contributed by atoms with Gasteiger partial charge in [-0.3, -0.25) is 9.69 Å². The smallest absolute Gasteiger partial charge is 0.197 e. The molecule has 6 nitrogen and oxygen atoms in total.